The second-order valence-corrected chi connectivity index (χ2v) is 5.89. The number of anilines is 5. The van der Waals surface area contributed by atoms with Crippen molar-refractivity contribution in [1.29, 1.82) is 0 Å². The number of amides is 1. The number of para-hydroxylation sites is 2. The molecule has 0 bridgehead atoms. The Kier molecular flexibility index (Phi) is 5.51. The molecule has 1 heterocycles. The van der Waals surface area contributed by atoms with Crippen molar-refractivity contribution >= 4 is 34.6 Å². The summed E-state index contributed by atoms with van der Waals surface area (Å²) in [5, 5.41) is 9.24. The van der Waals surface area contributed by atoms with Gasteiger partial charge in [0, 0.05) is 24.4 Å². The summed E-state index contributed by atoms with van der Waals surface area (Å²) in [6.07, 6.45) is 0. The molecule has 1 aromatic heterocycles. The summed E-state index contributed by atoms with van der Waals surface area (Å²) in [5.41, 5.74) is 2.42. The van der Waals surface area contributed by atoms with Crippen molar-refractivity contribution in [2.45, 2.75) is 13.8 Å². The molecule has 0 saturated carbocycles. The van der Waals surface area contributed by atoms with Crippen LogP contribution in [-0.2, 0) is 4.79 Å². The minimum absolute atomic E-state index is 0.103. The maximum atomic E-state index is 11.1. The quantitative estimate of drug-likeness (QED) is 0.607. The first-order chi connectivity index (χ1) is 13.0. The van der Waals surface area contributed by atoms with Gasteiger partial charge in [-0.15, -0.1) is 0 Å². The van der Waals surface area contributed by atoms with Gasteiger partial charge in [-0.25, -0.2) is 9.97 Å². The number of methoxy groups -OCH3 is 1. The van der Waals surface area contributed by atoms with Crippen molar-refractivity contribution in [2.75, 3.05) is 23.1 Å². The fourth-order valence-corrected chi connectivity index (χ4v) is 2.57. The van der Waals surface area contributed by atoms with Crippen LogP contribution in [0.3, 0.4) is 0 Å². The third kappa shape index (κ3) is 4.94. The molecule has 0 aliphatic carbocycles. The Labute approximate surface area is 157 Å². The summed E-state index contributed by atoms with van der Waals surface area (Å²) in [7, 11) is 1.63. The molecule has 0 radical (unpaired) electrons. The fourth-order valence-electron chi connectivity index (χ4n) is 2.57. The molecule has 7 nitrogen and oxygen atoms in total. The molecule has 27 heavy (non-hydrogen) atoms. The van der Waals surface area contributed by atoms with E-state index in [2.05, 4.69) is 25.9 Å². The molecule has 1 amide bonds. The molecule has 0 fully saturated rings. The maximum Gasteiger partial charge on any atom is 0.221 e. The molecule has 2 aromatic carbocycles. The Bertz CT molecular complexity index is 941. The predicted octanol–water partition coefficient (Wildman–Crippen LogP) is 4.24. The first-order valence-corrected chi connectivity index (χ1v) is 8.44. The molecule has 0 unspecified atom stereocenters. The number of carbonyl (C=O) groups excluding carboxylic acids is 1. The minimum Gasteiger partial charge on any atom is -0.495 e. The van der Waals surface area contributed by atoms with Crippen LogP contribution < -0.4 is 20.7 Å². The molecule has 3 rings (SSSR count). The second-order valence-electron chi connectivity index (χ2n) is 5.89. The van der Waals surface area contributed by atoms with Crippen LogP contribution in [0.5, 0.6) is 5.75 Å². The first-order valence-electron chi connectivity index (χ1n) is 8.44. The van der Waals surface area contributed by atoms with Crippen molar-refractivity contribution in [3.8, 4) is 5.75 Å². The largest absolute Gasteiger partial charge is 0.495 e. The number of carbonyl (C=O) groups is 1. The highest BCUT2D eigenvalue weighted by atomic mass is 16.5. The zero-order chi connectivity index (χ0) is 19.2. The fraction of sp³-hybridized carbons (Fsp3) is 0.150. The third-order valence-corrected chi connectivity index (χ3v) is 3.69. The lowest BCUT2D eigenvalue weighted by atomic mass is 10.2. The van der Waals surface area contributed by atoms with Crippen molar-refractivity contribution in [2.24, 2.45) is 0 Å². The number of aromatic nitrogens is 2. The zero-order valence-electron chi connectivity index (χ0n) is 15.4. The molecule has 3 aromatic rings. The standard InChI is InChI=1S/C20H21N5O2/c1-13-21-19(24-16-10-8-15(9-11-16)23-14(2)26)12-20(22-13)25-17-6-4-5-7-18(17)27-3/h4-12H,1-3H3,(H,23,26)(H2,21,22,24,25). The lowest BCUT2D eigenvalue weighted by molar-refractivity contribution is -0.114. The summed E-state index contributed by atoms with van der Waals surface area (Å²) in [4.78, 5) is 19.9. The van der Waals surface area contributed by atoms with Gasteiger partial charge in [-0.2, -0.15) is 0 Å². The Morgan fingerprint density at radius 3 is 2.22 bits per heavy atom. The van der Waals surface area contributed by atoms with E-state index in [0.717, 1.165) is 22.8 Å². The van der Waals surface area contributed by atoms with E-state index in [1.54, 1.807) is 7.11 Å². The number of benzene rings is 2. The van der Waals surface area contributed by atoms with E-state index in [9.17, 15) is 4.79 Å². The molecule has 3 N–H and O–H groups in total. The Morgan fingerprint density at radius 1 is 0.926 bits per heavy atom. The Morgan fingerprint density at radius 2 is 1.56 bits per heavy atom. The molecular formula is C20H21N5O2. The molecule has 138 valence electrons. The van der Waals surface area contributed by atoms with E-state index < -0.39 is 0 Å². The number of aryl methyl sites for hydroxylation is 1. The van der Waals surface area contributed by atoms with Crippen molar-refractivity contribution in [3.05, 3.63) is 60.4 Å². The smallest absolute Gasteiger partial charge is 0.221 e. The Balaban J connectivity index is 1.78. The van der Waals surface area contributed by atoms with Crippen molar-refractivity contribution in [1.82, 2.24) is 9.97 Å². The van der Waals surface area contributed by atoms with Crippen LogP contribution in [0.25, 0.3) is 0 Å². The van der Waals surface area contributed by atoms with Crippen LogP contribution >= 0.6 is 0 Å². The van der Waals surface area contributed by atoms with Crippen LogP contribution in [0.2, 0.25) is 0 Å². The Hall–Kier alpha value is -3.61. The molecular weight excluding hydrogens is 342 g/mol. The van der Waals surface area contributed by atoms with Gasteiger partial charge in [-0.3, -0.25) is 4.79 Å². The van der Waals surface area contributed by atoms with Gasteiger partial charge < -0.3 is 20.7 Å². The van der Waals surface area contributed by atoms with Crippen molar-refractivity contribution < 1.29 is 9.53 Å². The van der Waals surface area contributed by atoms with Gasteiger partial charge in [0.15, 0.2) is 0 Å². The number of nitrogens with zero attached hydrogens (tertiary/aromatic N) is 2. The van der Waals surface area contributed by atoms with Crippen LogP contribution in [0.15, 0.2) is 54.6 Å². The van der Waals surface area contributed by atoms with Crippen LogP contribution in [-0.4, -0.2) is 23.0 Å². The van der Waals surface area contributed by atoms with Gasteiger partial charge in [0.2, 0.25) is 5.91 Å². The average Bonchev–Trinajstić information content (AvgIpc) is 2.63. The number of hydrogen-bond acceptors (Lipinski definition) is 6. The molecule has 7 heteroatoms. The van der Waals surface area contributed by atoms with Gasteiger partial charge >= 0.3 is 0 Å². The SMILES string of the molecule is COc1ccccc1Nc1cc(Nc2ccc(NC(C)=O)cc2)nc(C)n1. The highest BCUT2D eigenvalue weighted by Crippen LogP contribution is 2.27. The number of hydrogen-bond donors (Lipinski definition) is 3. The highest BCUT2D eigenvalue weighted by molar-refractivity contribution is 5.88. The summed E-state index contributed by atoms with van der Waals surface area (Å²) in [5.74, 6) is 2.58. The zero-order valence-corrected chi connectivity index (χ0v) is 15.4. The number of nitrogens with one attached hydrogen (secondary N) is 3. The van der Waals surface area contributed by atoms with E-state index >= 15 is 0 Å². The summed E-state index contributed by atoms with van der Waals surface area (Å²) < 4.78 is 5.36. The number of ether oxygens (including phenoxy) is 1. The molecule has 0 aliphatic rings. The van der Waals surface area contributed by atoms with Gasteiger partial charge in [0.05, 0.1) is 12.8 Å². The average molecular weight is 363 g/mol. The van der Waals surface area contributed by atoms with Gasteiger partial charge in [0.25, 0.3) is 0 Å². The lowest BCUT2D eigenvalue weighted by Gasteiger charge is -2.12. The van der Waals surface area contributed by atoms with E-state index in [1.807, 2.05) is 61.5 Å². The molecule has 0 saturated heterocycles. The second kappa shape index (κ2) is 8.18. The molecule has 0 spiro atoms. The predicted molar refractivity (Wildman–Crippen MR) is 107 cm³/mol. The summed E-state index contributed by atoms with van der Waals surface area (Å²) >= 11 is 0. The van der Waals surface area contributed by atoms with Crippen molar-refractivity contribution in [3.63, 3.8) is 0 Å². The monoisotopic (exact) mass is 363 g/mol. The van der Waals surface area contributed by atoms with E-state index in [1.165, 1.54) is 6.92 Å². The topological polar surface area (TPSA) is 88.2 Å². The van der Waals surface area contributed by atoms with Crippen LogP contribution in [0.4, 0.5) is 28.7 Å². The molecule has 0 atom stereocenters. The third-order valence-electron chi connectivity index (χ3n) is 3.69. The van der Waals surface area contributed by atoms with Gasteiger partial charge in [0.1, 0.15) is 23.2 Å². The highest BCUT2D eigenvalue weighted by Gasteiger charge is 2.06. The maximum absolute atomic E-state index is 11.1. The van der Waals surface area contributed by atoms with Crippen LogP contribution in [0, 0.1) is 6.92 Å². The number of rotatable bonds is 6. The van der Waals surface area contributed by atoms with Gasteiger partial charge in [-0.1, -0.05) is 12.1 Å². The first kappa shape index (κ1) is 18.2. The van der Waals surface area contributed by atoms with E-state index in [-0.39, 0.29) is 5.91 Å². The van der Waals surface area contributed by atoms with Crippen LogP contribution in [0.1, 0.15) is 12.7 Å². The minimum atomic E-state index is -0.103. The summed E-state index contributed by atoms with van der Waals surface area (Å²) in [6, 6.07) is 16.8. The summed E-state index contributed by atoms with van der Waals surface area (Å²) in [6.45, 7) is 3.31. The normalized spacial score (nSPS) is 10.2. The van der Waals surface area contributed by atoms with Gasteiger partial charge in [-0.05, 0) is 43.3 Å². The lowest BCUT2D eigenvalue weighted by Crippen LogP contribution is -2.05. The van der Waals surface area contributed by atoms with E-state index in [4.69, 9.17) is 4.74 Å². The van der Waals surface area contributed by atoms with E-state index in [0.29, 0.717) is 17.5 Å². The molecule has 0 aliphatic heterocycles.